The molecule has 37 heavy (non-hydrogen) atoms. The quantitative estimate of drug-likeness (QED) is 0.114. The molecular formula is C26H37BrO8P2. The van der Waals surface area contributed by atoms with Gasteiger partial charge in [-0.3, -0.25) is 18.7 Å². The standard InChI is InChI=1S/C13H18BrO4P.C13H19O4P/c1-3-17-19(16,18-4-2)10-11-5-7-12(8-6-11)13(15)9-14;1-4-16-18(15,17-5-2)10-12-6-8-13(9-7-12)11(3)14/h5-8H,3-4,9-10H2,1-2H3;6-9H,4-5,10H2,1-3H3. The summed E-state index contributed by atoms with van der Waals surface area (Å²) in [5.74, 6) is 0.0312. The molecule has 8 nitrogen and oxygen atoms in total. The largest absolute Gasteiger partial charge is 0.335 e. The molecule has 0 aromatic heterocycles. The van der Waals surface area contributed by atoms with Gasteiger partial charge in [0, 0.05) is 11.1 Å². The molecule has 0 atom stereocenters. The molecule has 0 aliphatic carbocycles. The number of rotatable bonds is 15. The van der Waals surface area contributed by atoms with E-state index < -0.39 is 15.2 Å². The van der Waals surface area contributed by atoms with Gasteiger partial charge < -0.3 is 18.1 Å². The van der Waals surface area contributed by atoms with Crippen molar-refractivity contribution >= 4 is 42.7 Å². The smallest absolute Gasteiger partial charge is 0.309 e. The van der Waals surface area contributed by atoms with Gasteiger partial charge in [0.2, 0.25) is 0 Å². The van der Waals surface area contributed by atoms with Gasteiger partial charge >= 0.3 is 15.2 Å². The maximum Gasteiger partial charge on any atom is 0.335 e. The lowest BCUT2D eigenvalue weighted by Gasteiger charge is -2.17. The first kappa shape index (κ1) is 33.6. The summed E-state index contributed by atoms with van der Waals surface area (Å²) in [4.78, 5) is 22.6. The Balaban J connectivity index is 0.000000371. The predicted octanol–water partition coefficient (Wildman–Crippen LogP) is 7.69. The van der Waals surface area contributed by atoms with E-state index in [0.717, 1.165) is 11.1 Å². The number of hydrogen-bond donors (Lipinski definition) is 0. The van der Waals surface area contributed by atoms with E-state index in [4.69, 9.17) is 18.1 Å². The Bertz CT molecular complexity index is 1050. The lowest BCUT2D eigenvalue weighted by molar-refractivity contribution is 0.101. The summed E-state index contributed by atoms with van der Waals surface area (Å²) in [6, 6.07) is 14.0. The van der Waals surface area contributed by atoms with Gasteiger partial charge in [0.15, 0.2) is 11.6 Å². The van der Waals surface area contributed by atoms with Crippen molar-refractivity contribution in [1.29, 1.82) is 0 Å². The van der Waals surface area contributed by atoms with E-state index in [9.17, 15) is 18.7 Å². The second-order valence-corrected chi connectivity index (χ2v) is 12.4. The molecule has 2 aromatic carbocycles. The lowest BCUT2D eigenvalue weighted by atomic mass is 10.1. The van der Waals surface area contributed by atoms with Crippen molar-refractivity contribution in [2.75, 3.05) is 31.8 Å². The van der Waals surface area contributed by atoms with Crippen LogP contribution < -0.4 is 0 Å². The minimum absolute atomic E-state index is 0.0133. The van der Waals surface area contributed by atoms with E-state index in [1.165, 1.54) is 6.92 Å². The van der Waals surface area contributed by atoms with Crippen molar-refractivity contribution in [1.82, 2.24) is 0 Å². The van der Waals surface area contributed by atoms with Crippen molar-refractivity contribution in [2.45, 2.75) is 46.9 Å². The summed E-state index contributed by atoms with van der Waals surface area (Å²) >= 11 is 3.13. The summed E-state index contributed by atoms with van der Waals surface area (Å²) in [6.07, 6.45) is 0.449. The normalized spacial score (nSPS) is 11.5. The summed E-state index contributed by atoms with van der Waals surface area (Å²) in [6.45, 7) is 10.0. The Kier molecular flexibility index (Phi) is 15.6. The summed E-state index contributed by atoms with van der Waals surface area (Å²) in [5, 5.41) is 0.294. The molecule has 0 fully saturated rings. The van der Waals surface area contributed by atoms with Gasteiger partial charge in [0.25, 0.3) is 0 Å². The summed E-state index contributed by atoms with van der Waals surface area (Å²) in [7, 11) is -6.15. The Hall–Kier alpha value is -1.44. The van der Waals surface area contributed by atoms with Crippen LogP contribution in [0.4, 0.5) is 0 Å². The molecule has 0 amide bonds. The third kappa shape index (κ3) is 12.3. The number of carbonyl (C=O) groups excluding carboxylic acids is 2. The van der Waals surface area contributed by atoms with Crippen molar-refractivity contribution in [3.8, 4) is 0 Å². The first-order valence-electron chi connectivity index (χ1n) is 12.1. The van der Waals surface area contributed by atoms with E-state index >= 15 is 0 Å². The van der Waals surface area contributed by atoms with Crippen molar-refractivity contribution in [2.24, 2.45) is 0 Å². The van der Waals surface area contributed by atoms with Crippen LogP contribution in [-0.4, -0.2) is 43.3 Å². The zero-order chi connectivity index (χ0) is 27.9. The summed E-state index contributed by atoms with van der Waals surface area (Å²) < 4.78 is 45.5. The third-order valence-electron chi connectivity index (χ3n) is 4.81. The highest BCUT2D eigenvalue weighted by molar-refractivity contribution is 9.09. The average Bonchev–Trinajstić information content (AvgIpc) is 2.85. The van der Waals surface area contributed by atoms with Crippen LogP contribution >= 0.6 is 31.1 Å². The topological polar surface area (TPSA) is 105 Å². The molecule has 0 aliphatic heterocycles. The third-order valence-corrected chi connectivity index (χ3v) is 9.43. The Morgan fingerprint density at radius 2 is 0.973 bits per heavy atom. The maximum absolute atomic E-state index is 12.3. The minimum Gasteiger partial charge on any atom is -0.309 e. The van der Waals surface area contributed by atoms with Gasteiger partial charge in [-0.15, -0.1) is 0 Å². The van der Waals surface area contributed by atoms with Crippen molar-refractivity contribution in [3.05, 3.63) is 70.8 Å². The fourth-order valence-corrected chi connectivity index (χ4v) is 6.94. The second-order valence-electron chi connectivity index (χ2n) is 7.72. The molecule has 0 saturated heterocycles. The monoisotopic (exact) mass is 618 g/mol. The number of benzene rings is 2. The number of alkyl halides is 1. The molecule has 0 saturated carbocycles. The number of hydrogen-bond acceptors (Lipinski definition) is 8. The zero-order valence-electron chi connectivity index (χ0n) is 22.1. The first-order chi connectivity index (χ1) is 17.5. The van der Waals surface area contributed by atoms with Gasteiger partial charge in [-0.25, -0.2) is 0 Å². The van der Waals surface area contributed by atoms with Crippen LogP contribution in [0.3, 0.4) is 0 Å². The molecule has 0 radical (unpaired) electrons. The van der Waals surface area contributed by atoms with Crippen LogP contribution in [0.15, 0.2) is 48.5 Å². The summed E-state index contributed by atoms with van der Waals surface area (Å²) in [5.41, 5.74) is 2.94. The van der Waals surface area contributed by atoms with Crippen LogP contribution in [0.25, 0.3) is 0 Å². The molecule has 2 rings (SSSR count). The van der Waals surface area contributed by atoms with Crippen LogP contribution in [-0.2, 0) is 39.5 Å². The van der Waals surface area contributed by atoms with Crippen molar-refractivity contribution in [3.63, 3.8) is 0 Å². The maximum atomic E-state index is 12.3. The molecule has 206 valence electrons. The number of Topliss-reactive ketones (excluding diaryl/α,β-unsaturated/α-hetero) is 2. The predicted molar refractivity (Wildman–Crippen MR) is 150 cm³/mol. The van der Waals surface area contributed by atoms with Gasteiger partial charge in [0.05, 0.1) is 44.1 Å². The van der Waals surface area contributed by atoms with Crippen molar-refractivity contribution < 1.29 is 36.8 Å². The molecule has 0 bridgehead atoms. The second kappa shape index (κ2) is 17.2. The average molecular weight is 619 g/mol. The van der Waals surface area contributed by atoms with E-state index in [1.54, 1.807) is 76.2 Å². The molecule has 0 aliphatic rings. The van der Waals surface area contributed by atoms with Gasteiger partial charge in [-0.05, 0) is 45.7 Å². The molecule has 0 N–H and O–H groups in total. The van der Waals surface area contributed by atoms with Crippen LogP contribution in [0.1, 0.15) is 66.5 Å². The zero-order valence-corrected chi connectivity index (χ0v) is 25.5. The number of ketones is 2. The fourth-order valence-electron chi connectivity index (χ4n) is 3.21. The van der Waals surface area contributed by atoms with Gasteiger partial charge in [-0.2, -0.15) is 0 Å². The highest BCUT2D eigenvalue weighted by atomic mass is 79.9. The van der Waals surface area contributed by atoms with Crippen LogP contribution in [0.5, 0.6) is 0 Å². The van der Waals surface area contributed by atoms with E-state index in [-0.39, 0.29) is 23.9 Å². The highest BCUT2D eigenvalue weighted by Crippen LogP contribution is 2.52. The number of carbonyl (C=O) groups is 2. The molecule has 0 heterocycles. The Morgan fingerprint density at radius 3 is 1.24 bits per heavy atom. The lowest BCUT2D eigenvalue weighted by Crippen LogP contribution is -2.01. The Labute approximate surface area is 228 Å². The molecular weight excluding hydrogens is 582 g/mol. The minimum atomic E-state index is -3.08. The van der Waals surface area contributed by atoms with E-state index in [1.807, 2.05) is 0 Å². The van der Waals surface area contributed by atoms with Crippen LogP contribution in [0, 0.1) is 0 Å². The molecule has 0 unspecified atom stereocenters. The first-order valence-corrected chi connectivity index (χ1v) is 16.7. The number of halogens is 1. The van der Waals surface area contributed by atoms with Gasteiger partial charge in [0.1, 0.15) is 0 Å². The Morgan fingerprint density at radius 1 is 0.649 bits per heavy atom. The van der Waals surface area contributed by atoms with E-state index in [2.05, 4.69) is 15.9 Å². The molecule has 11 heteroatoms. The van der Waals surface area contributed by atoms with Gasteiger partial charge in [-0.1, -0.05) is 64.5 Å². The van der Waals surface area contributed by atoms with Crippen LogP contribution in [0.2, 0.25) is 0 Å². The van der Waals surface area contributed by atoms with E-state index in [0.29, 0.717) is 42.9 Å². The fraction of sp³-hybridized carbons (Fsp3) is 0.462. The highest BCUT2D eigenvalue weighted by Gasteiger charge is 2.25. The SMILES string of the molecule is CCOP(=O)(Cc1ccc(C(=O)CBr)cc1)OCC.CCOP(=O)(Cc1ccc(C(C)=O)cc1)OCC. The molecule has 0 spiro atoms. The molecule has 2 aromatic rings.